The van der Waals surface area contributed by atoms with Crippen molar-refractivity contribution in [3.05, 3.63) is 63.2 Å². The van der Waals surface area contributed by atoms with Gasteiger partial charge in [0.2, 0.25) is 5.91 Å². The maximum Gasteiger partial charge on any atom is 0.291 e. The summed E-state index contributed by atoms with van der Waals surface area (Å²) in [6.45, 7) is 2.80. The zero-order valence-electron chi connectivity index (χ0n) is 16.0. The molecule has 29 heavy (non-hydrogen) atoms. The molecule has 2 aromatic carbocycles. The summed E-state index contributed by atoms with van der Waals surface area (Å²) in [7, 11) is 1.37. The van der Waals surface area contributed by atoms with Crippen LogP contribution in [0, 0.1) is 10.1 Å². The van der Waals surface area contributed by atoms with Gasteiger partial charge in [0.1, 0.15) is 10.8 Å². The highest BCUT2D eigenvalue weighted by Gasteiger charge is 2.24. The Labute approximate surface area is 173 Å². The largest absolute Gasteiger partial charge is 0.494 e. The maximum atomic E-state index is 12.5. The molecule has 1 aliphatic heterocycles. The minimum absolute atomic E-state index is 0.0750. The predicted molar refractivity (Wildman–Crippen MR) is 109 cm³/mol. The molecule has 0 aliphatic carbocycles. The van der Waals surface area contributed by atoms with Crippen molar-refractivity contribution < 1.29 is 19.2 Å². The van der Waals surface area contributed by atoms with Crippen LogP contribution in [-0.2, 0) is 16.1 Å². The van der Waals surface area contributed by atoms with E-state index in [9.17, 15) is 14.9 Å². The first-order valence-corrected chi connectivity index (χ1v) is 9.53. The fourth-order valence-electron chi connectivity index (χ4n) is 3.25. The van der Waals surface area contributed by atoms with Crippen molar-refractivity contribution in [3.63, 3.8) is 0 Å². The van der Waals surface area contributed by atoms with Gasteiger partial charge in [0.15, 0.2) is 0 Å². The van der Waals surface area contributed by atoms with E-state index in [4.69, 9.17) is 21.1 Å². The molecule has 1 aliphatic rings. The van der Waals surface area contributed by atoms with Crippen LogP contribution in [-0.4, -0.2) is 48.6 Å². The van der Waals surface area contributed by atoms with E-state index in [2.05, 4.69) is 22.3 Å². The molecule has 8 nitrogen and oxygen atoms in total. The third-order valence-corrected chi connectivity index (χ3v) is 4.93. The molecule has 3 rings (SSSR count). The number of carbonyl (C=O) groups is 1. The SMILES string of the molecule is COc1cc([N+](=O)[O-])c(Cl)cc1NC(=O)CC1CN(Cc2ccccc2)CCO1. The molecule has 0 saturated carbocycles. The van der Waals surface area contributed by atoms with E-state index in [-0.39, 0.29) is 40.6 Å². The monoisotopic (exact) mass is 419 g/mol. The van der Waals surface area contributed by atoms with Gasteiger partial charge in [-0.2, -0.15) is 0 Å². The van der Waals surface area contributed by atoms with Crippen molar-refractivity contribution in [1.82, 2.24) is 4.90 Å². The minimum Gasteiger partial charge on any atom is -0.494 e. The molecule has 0 bridgehead atoms. The number of amides is 1. The predicted octanol–water partition coefficient (Wildman–Crippen LogP) is 3.49. The van der Waals surface area contributed by atoms with Gasteiger partial charge in [0.05, 0.1) is 42.9 Å². The van der Waals surface area contributed by atoms with Crippen molar-refractivity contribution in [3.8, 4) is 5.75 Å². The van der Waals surface area contributed by atoms with Crippen LogP contribution < -0.4 is 10.1 Å². The van der Waals surface area contributed by atoms with Crippen LogP contribution in [0.3, 0.4) is 0 Å². The molecule has 1 unspecified atom stereocenters. The number of anilines is 1. The molecule has 1 saturated heterocycles. The van der Waals surface area contributed by atoms with E-state index in [1.165, 1.54) is 24.8 Å². The second-order valence-corrected chi connectivity index (χ2v) is 7.13. The van der Waals surface area contributed by atoms with Gasteiger partial charge in [-0.1, -0.05) is 41.9 Å². The molecule has 0 spiro atoms. The zero-order valence-corrected chi connectivity index (χ0v) is 16.7. The number of halogens is 1. The number of benzene rings is 2. The maximum absolute atomic E-state index is 12.5. The van der Waals surface area contributed by atoms with Crippen LogP contribution in [0.2, 0.25) is 5.02 Å². The molecule has 1 N–H and O–H groups in total. The number of nitro benzene ring substituents is 1. The van der Waals surface area contributed by atoms with Crippen molar-refractivity contribution in [2.45, 2.75) is 19.1 Å². The van der Waals surface area contributed by atoms with Crippen LogP contribution in [0.4, 0.5) is 11.4 Å². The molecular weight excluding hydrogens is 398 g/mol. The lowest BCUT2D eigenvalue weighted by atomic mass is 10.1. The van der Waals surface area contributed by atoms with Crippen LogP contribution >= 0.6 is 11.6 Å². The highest BCUT2D eigenvalue weighted by molar-refractivity contribution is 6.33. The van der Waals surface area contributed by atoms with E-state index in [0.29, 0.717) is 13.2 Å². The number of ether oxygens (including phenoxy) is 2. The quantitative estimate of drug-likeness (QED) is 0.545. The topological polar surface area (TPSA) is 93.9 Å². The van der Waals surface area contributed by atoms with Crippen molar-refractivity contribution >= 4 is 28.9 Å². The Kier molecular flexibility index (Phi) is 7.03. The van der Waals surface area contributed by atoms with E-state index in [1.54, 1.807) is 0 Å². The molecule has 0 radical (unpaired) electrons. The summed E-state index contributed by atoms with van der Waals surface area (Å²) in [5.41, 5.74) is 1.21. The zero-order chi connectivity index (χ0) is 20.8. The number of nitrogens with one attached hydrogen (secondary N) is 1. The number of nitrogens with zero attached hydrogens (tertiary/aromatic N) is 2. The third kappa shape index (κ3) is 5.66. The Balaban J connectivity index is 1.60. The van der Waals surface area contributed by atoms with Gasteiger partial charge < -0.3 is 14.8 Å². The number of nitro groups is 1. The van der Waals surface area contributed by atoms with Gasteiger partial charge in [-0.25, -0.2) is 0 Å². The second-order valence-electron chi connectivity index (χ2n) is 6.73. The van der Waals surface area contributed by atoms with Gasteiger partial charge in [-0.3, -0.25) is 19.8 Å². The van der Waals surface area contributed by atoms with Crippen molar-refractivity contribution in [2.75, 3.05) is 32.1 Å². The van der Waals surface area contributed by atoms with Gasteiger partial charge in [0.25, 0.3) is 5.69 Å². The number of methoxy groups -OCH3 is 1. The van der Waals surface area contributed by atoms with Crippen molar-refractivity contribution in [1.29, 1.82) is 0 Å². The number of carbonyl (C=O) groups excluding carboxylic acids is 1. The van der Waals surface area contributed by atoms with Gasteiger partial charge in [-0.05, 0) is 11.6 Å². The number of hydrogen-bond donors (Lipinski definition) is 1. The number of rotatable bonds is 7. The molecule has 1 amide bonds. The lowest BCUT2D eigenvalue weighted by Crippen LogP contribution is -2.43. The van der Waals surface area contributed by atoms with Crippen LogP contribution in [0.5, 0.6) is 5.75 Å². The molecule has 1 atom stereocenters. The standard InChI is InChI=1S/C20H22ClN3O5/c1-28-19-11-18(24(26)27)16(21)10-17(19)22-20(25)9-15-13-23(7-8-29-15)12-14-5-3-2-4-6-14/h2-6,10-11,15H,7-9,12-13H2,1H3,(H,22,25). The molecular formula is C20H22ClN3O5. The summed E-state index contributed by atoms with van der Waals surface area (Å²) < 4.78 is 10.9. The smallest absolute Gasteiger partial charge is 0.291 e. The first-order valence-electron chi connectivity index (χ1n) is 9.16. The summed E-state index contributed by atoms with van der Waals surface area (Å²) in [5.74, 6) is -0.107. The second kappa shape index (κ2) is 9.69. The highest BCUT2D eigenvalue weighted by atomic mass is 35.5. The van der Waals surface area contributed by atoms with Gasteiger partial charge >= 0.3 is 0 Å². The Bertz CT molecular complexity index is 878. The fourth-order valence-corrected chi connectivity index (χ4v) is 3.48. The van der Waals surface area contributed by atoms with Gasteiger partial charge in [0, 0.05) is 19.6 Å². The minimum atomic E-state index is -0.604. The van der Waals surface area contributed by atoms with Crippen LogP contribution in [0.1, 0.15) is 12.0 Å². The average Bonchev–Trinajstić information content (AvgIpc) is 2.69. The Morgan fingerprint density at radius 1 is 1.38 bits per heavy atom. The van der Waals surface area contributed by atoms with Gasteiger partial charge in [-0.15, -0.1) is 0 Å². The van der Waals surface area contributed by atoms with E-state index in [1.807, 2.05) is 18.2 Å². The summed E-state index contributed by atoms with van der Waals surface area (Å²) in [6, 6.07) is 12.6. The molecule has 0 aromatic heterocycles. The molecule has 2 aromatic rings. The molecule has 9 heteroatoms. The van der Waals surface area contributed by atoms with Crippen molar-refractivity contribution in [2.24, 2.45) is 0 Å². The normalized spacial score (nSPS) is 17.0. The lowest BCUT2D eigenvalue weighted by molar-refractivity contribution is -0.384. The third-order valence-electron chi connectivity index (χ3n) is 4.62. The number of morpholine rings is 1. The lowest BCUT2D eigenvalue weighted by Gasteiger charge is -2.32. The molecule has 154 valence electrons. The summed E-state index contributed by atoms with van der Waals surface area (Å²) in [6.07, 6.45) is -0.0877. The summed E-state index contributed by atoms with van der Waals surface area (Å²) in [5, 5.41) is 13.6. The summed E-state index contributed by atoms with van der Waals surface area (Å²) in [4.78, 5) is 25.2. The average molecular weight is 420 g/mol. The summed E-state index contributed by atoms with van der Waals surface area (Å²) >= 11 is 5.94. The van der Waals surface area contributed by atoms with E-state index >= 15 is 0 Å². The first kappa shape index (κ1) is 21.0. The highest BCUT2D eigenvalue weighted by Crippen LogP contribution is 2.35. The Hall–Kier alpha value is -2.68. The van der Waals surface area contributed by atoms with Crippen LogP contribution in [0.25, 0.3) is 0 Å². The first-order chi connectivity index (χ1) is 14.0. The number of hydrogen-bond acceptors (Lipinski definition) is 6. The molecule has 1 fully saturated rings. The Morgan fingerprint density at radius 2 is 2.14 bits per heavy atom. The van der Waals surface area contributed by atoms with Crippen LogP contribution in [0.15, 0.2) is 42.5 Å². The van der Waals surface area contributed by atoms with E-state index in [0.717, 1.165) is 13.1 Å². The molecule has 1 heterocycles. The Morgan fingerprint density at radius 3 is 2.83 bits per heavy atom. The fraction of sp³-hybridized carbons (Fsp3) is 0.350. The van der Waals surface area contributed by atoms with E-state index < -0.39 is 4.92 Å².